The van der Waals surface area contributed by atoms with Crippen molar-refractivity contribution >= 4 is 38.5 Å². The molecule has 1 aliphatic carbocycles. The van der Waals surface area contributed by atoms with E-state index >= 15 is 0 Å². The first-order valence-electron chi connectivity index (χ1n) is 20.3. The van der Waals surface area contributed by atoms with Gasteiger partial charge in [-0.3, -0.25) is 0 Å². The third-order valence-corrected chi connectivity index (χ3v) is 13.2. The predicted octanol–water partition coefficient (Wildman–Crippen LogP) is 15.7. The normalized spacial score (nSPS) is 12.5. The monoisotopic (exact) mass is 769 g/mol. The molecule has 0 spiro atoms. The lowest BCUT2D eigenvalue weighted by Crippen LogP contribution is -2.29. The first-order chi connectivity index (χ1) is 29.3. The number of thiophene rings is 1. The fraction of sp³-hybridized carbons (Fsp3) is 0.0175. The Bertz CT molecular complexity index is 2940. The Morgan fingerprint density at radius 1 is 0.322 bits per heavy atom. The van der Waals surface area contributed by atoms with E-state index in [9.17, 15) is 0 Å². The molecule has 9 aromatic carbocycles. The smallest absolute Gasteiger partial charge is 0.0734 e. The fourth-order valence-corrected chi connectivity index (χ4v) is 10.7. The van der Waals surface area contributed by atoms with E-state index < -0.39 is 5.41 Å². The molecule has 10 aromatic rings. The number of fused-ring (bicyclic) bond motifs is 5. The van der Waals surface area contributed by atoms with Crippen molar-refractivity contribution in [1.82, 2.24) is 0 Å². The van der Waals surface area contributed by atoms with Crippen molar-refractivity contribution in [2.75, 3.05) is 4.90 Å². The van der Waals surface area contributed by atoms with E-state index in [1.165, 1.54) is 76.2 Å². The standard InChI is InChI=1S/C57H39NS/c1-5-17-40(18-6-1)42-31-35-47(36-32-42)58(48-37-33-43(34-38-48)41-19-7-2-8-20-41)49-26-15-21-44(39-49)50-28-16-29-52-54(50)57(45-22-9-3-10-23-45,46-24-11-4-12-25-46)55-51-27-13-14-30-53(51)59-56(52)55/h1-39H. The van der Waals surface area contributed by atoms with Crippen molar-refractivity contribution in [3.8, 4) is 43.8 Å². The van der Waals surface area contributed by atoms with E-state index in [0.717, 1.165) is 17.1 Å². The molecule has 1 aliphatic rings. The molecule has 1 nitrogen and oxygen atoms in total. The average molecular weight is 770 g/mol. The lowest BCUT2D eigenvalue weighted by Gasteiger charge is -2.35. The minimum absolute atomic E-state index is 0.528. The number of benzene rings is 9. The Hall–Kier alpha value is -7.26. The van der Waals surface area contributed by atoms with Crippen molar-refractivity contribution in [3.63, 3.8) is 0 Å². The van der Waals surface area contributed by atoms with Gasteiger partial charge in [-0.1, -0.05) is 194 Å². The summed E-state index contributed by atoms with van der Waals surface area (Å²) in [6.45, 7) is 0. The summed E-state index contributed by atoms with van der Waals surface area (Å²) in [6, 6.07) is 86.5. The summed E-state index contributed by atoms with van der Waals surface area (Å²) >= 11 is 1.92. The van der Waals surface area contributed by atoms with Crippen LogP contribution in [0.1, 0.15) is 22.3 Å². The Morgan fingerprint density at radius 3 is 1.36 bits per heavy atom. The zero-order chi connectivity index (χ0) is 39.2. The summed E-state index contributed by atoms with van der Waals surface area (Å²) in [6.07, 6.45) is 0. The van der Waals surface area contributed by atoms with Crippen molar-refractivity contribution in [1.29, 1.82) is 0 Å². The largest absolute Gasteiger partial charge is 0.310 e. The van der Waals surface area contributed by atoms with Gasteiger partial charge in [-0.15, -0.1) is 11.3 Å². The molecule has 59 heavy (non-hydrogen) atoms. The second kappa shape index (κ2) is 14.6. The van der Waals surface area contributed by atoms with Crippen LogP contribution in [0.5, 0.6) is 0 Å². The molecule has 278 valence electrons. The molecule has 0 saturated heterocycles. The van der Waals surface area contributed by atoms with E-state index in [4.69, 9.17) is 0 Å². The van der Waals surface area contributed by atoms with Crippen molar-refractivity contribution < 1.29 is 0 Å². The number of anilines is 3. The van der Waals surface area contributed by atoms with Crippen LogP contribution in [0.2, 0.25) is 0 Å². The van der Waals surface area contributed by atoms with Gasteiger partial charge in [0.2, 0.25) is 0 Å². The Labute approximate surface area is 349 Å². The number of hydrogen-bond donors (Lipinski definition) is 0. The minimum atomic E-state index is -0.528. The van der Waals surface area contributed by atoms with Crippen LogP contribution >= 0.6 is 11.3 Å². The predicted molar refractivity (Wildman–Crippen MR) is 250 cm³/mol. The highest BCUT2D eigenvalue weighted by Gasteiger charge is 2.49. The number of rotatable bonds is 8. The zero-order valence-corrected chi connectivity index (χ0v) is 33.2. The molecule has 2 heteroatoms. The summed E-state index contributed by atoms with van der Waals surface area (Å²) in [7, 11) is 0. The highest BCUT2D eigenvalue weighted by atomic mass is 32.1. The van der Waals surface area contributed by atoms with Crippen LogP contribution < -0.4 is 4.90 Å². The quantitative estimate of drug-likeness (QED) is 0.149. The molecule has 11 rings (SSSR count). The summed E-state index contributed by atoms with van der Waals surface area (Å²) in [5, 5.41) is 1.32. The van der Waals surface area contributed by atoms with Crippen molar-refractivity contribution in [3.05, 3.63) is 259 Å². The van der Waals surface area contributed by atoms with E-state index in [-0.39, 0.29) is 0 Å². The number of nitrogens with zero attached hydrogens (tertiary/aromatic N) is 1. The second-order valence-corrected chi connectivity index (χ2v) is 16.3. The number of hydrogen-bond acceptors (Lipinski definition) is 2. The van der Waals surface area contributed by atoms with E-state index in [1.54, 1.807) is 0 Å². The van der Waals surface area contributed by atoms with Gasteiger partial charge in [-0.25, -0.2) is 0 Å². The molecule has 0 unspecified atom stereocenters. The molecule has 1 aromatic heterocycles. The summed E-state index contributed by atoms with van der Waals surface area (Å²) in [4.78, 5) is 3.74. The highest BCUT2D eigenvalue weighted by molar-refractivity contribution is 7.22. The fourth-order valence-electron chi connectivity index (χ4n) is 9.37. The highest BCUT2D eigenvalue weighted by Crippen LogP contribution is 2.63. The summed E-state index contributed by atoms with van der Waals surface area (Å²) in [5.41, 5.74) is 16.6. The molecule has 1 heterocycles. The lowest BCUT2D eigenvalue weighted by atomic mass is 9.65. The Morgan fingerprint density at radius 2 is 0.780 bits per heavy atom. The summed E-state index contributed by atoms with van der Waals surface area (Å²) < 4.78 is 1.32. The van der Waals surface area contributed by atoms with Crippen LogP contribution in [0.3, 0.4) is 0 Å². The maximum Gasteiger partial charge on any atom is 0.0734 e. The van der Waals surface area contributed by atoms with Gasteiger partial charge in [0, 0.05) is 26.6 Å². The molecule has 0 atom stereocenters. The van der Waals surface area contributed by atoms with Gasteiger partial charge in [-0.2, -0.15) is 0 Å². The Kier molecular flexibility index (Phi) is 8.65. The van der Waals surface area contributed by atoms with Gasteiger partial charge in [0.05, 0.1) is 5.41 Å². The van der Waals surface area contributed by atoms with Gasteiger partial charge < -0.3 is 4.90 Å². The zero-order valence-electron chi connectivity index (χ0n) is 32.4. The van der Waals surface area contributed by atoms with Gasteiger partial charge in [0.1, 0.15) is 0 Å². The molecular weight excluding hydrogens is 731 g/mol. The molecule has 0 saturated carbocycles. The van der Waals surface area contributed by atoms with Crippen LogP contribution in [0.15, 0.2) is 237 Å². The average Bonchev–Trinajstić information content (AvgIpc) is 3.85. The van der Waals surface area contributed by atoms with E-state index in [1.807, 2.05) is 11.3 Å². The SMILES string of the molecule is c1ccc(-c2ccc(N(c3ccc(-c4ccccc4)cc3)c3cccc(-c4cccc5c4C(c4ccccc4)(c4ccccc4)c4c-5sc5ccccc45)c3)cc2)cc1. The molecule has 0 amide bonds. The van der Waals surface area contributed by atoms with Crippen molar-refractivity contribution in [2.45, 2.75) is 5.41 Å². The van der Waals surface area contributed by atoms with E-state index in [2.05, 4.69) is 241 Å². The van der Waals surface area contributed by atoms with Gasteiger partial charge in [0.25, 0.3) is 0 Å². The maximum atomic E-state index is 2.39. The third kappa shape index (κ3) is 5.83. The third-order valence-electron chi connectivity index (χ3n) is 11.9. The molecule has 0 fully saturated rings. The maximum absolute atomic E-state index is 2.39. The Balaban J connectivity index is 1.12. The molecular formula is C57H39NS. The molecule has 0 aliphatic heterocycles. The first-order valence-corrected chi connectivity index (χ1v) is 21.1. The van der Waals surface area contributed by atoms with Crippen LogP contribution in [-0.2, 0) is 5.41 Å². The molecule has 0 bridgehead atoms. The minimum Gasteiger partial charge on any atom is -0.310 e. The first kappa shape index (κ1) is 34.9. The van der Waals surface area contributed by atoms with Gasteiger partial charge >= 0.3 is 0 Å². The van der Waals surface area contributed by atoms with Crippen LogP contribution in [-0.4, -0.2) is 0 Å². The molecule has 0 radical (unpaired) electrons. The second-order valence-electron chi connectivity index (χ2n) is 15.2. The van der Waals surface area contributed by atoms with E-state index in [0.29, 0.717) is 0 Å². The van der Waals surface area contributed by atoms with Crippen molar-refractivity contribution in [2.24, 2.45) is 0 Å². The van der Waals surface area contributed by atoms with Crippen LogP contribution in [0, 0.1) is 0 Å². The summed E-state index contributed by atoms with van der Waals surface area (Å²) in [5.74, 6) is 0. The van der Waals surface area contributed by atoms with Gasteiger partial charge in [0.15, 0.2) is 0 Å². The topological polar surface area (TPSA) is 3.24 Å². The van der Waals surface area contributed by atoms with Gasteiger partial charge in [-0.05, 0) is 109 Å². The lowest BCUT2D eigenvalue weighted by molar-refractivity contribution is 0.778. The van der Waals surface area contributed by atoms with Crippen LogP contribution in [0.25, 0.3) is 53.9 Å². The molecule has 0 N–H and O–H groups in total. The van der Waals surface area contributed by atoms with Crippen LogP contribution in [0.4, 0.5) is 17.1 Å².